The first-order chi connectivity index (χ1) is 7.68. The minimum atomic E-state index is -1.02. The Kier molecular flexibility index (Phi) is 2.86. The topological polar surface area (TPSA) is 54.4 Å². The molecule has 3 heteroatoms. The zero-order chi connectivity index (χ0) is 11.5. The van der Waals surface area contributed by atoms with Gasteiger partial charge < -0.3 is 5.11 Å². The van der Waals surface area contributed by atoms with E-state index in [0.717, 1.165) is 11.1 Å². The second kappa shape index (κ2) is 4.31. The van der Waals surface area contributed by atoms with E-state index in [1.807, 2.05) is 30.3 Å². The van der Waals surface area contributed by atoms with Crippen LogP contribution in [0.4, 0.5) is 0 Å². The number of carbonyl (C=O) groups is 2. The Labute approximate surface area is 93.4 Å². The van der Waals surface area contributed by atoms with Crippen LogP contribution in [0.2, 0.25) is 0 Å². The number of benzene rings is 1. The Morgan fingerprint density at radius 1 is 1.25 bits per heavy atom. The minimum absolute atomic E-state index is 0.294. The van der Waals surface area contributed by atoms with E-state index < -0.39 is 11.9 Å². The third-order valence-electron chi connectivity index (χ3n) is 2.80. The summed E-state index contributed by atoms with van der Waals surface area (Å²) in [5.41, 5.74) is 1.93. The van der Waals surface area contributed by atoms with Crippen molar-refractivity contribution in [1.82, 2.24) is 0 Å². The summed E-state index contributed by atoms with van der Waals surface area (Å²) in [7, 11) is 0. The van der Waals surface area contributed by atoms with Crippen LogP contribution in [0.25, 0.3) is 5.57 Å². The van der Waals surface area contributed by atoms with E-state index >= 15 is 0 Å². The van der Waals surface area contributed by atoms with Crippen LogP contribution in [-0.4, -0.2) is 16.9 Å². The smallest absolute Gasteiger partial charge is 0.314 e. The molecule has 1 N–H and O–H groups in total. The van der Waals surface area contributed by atoms with E-state index in [-0.39, 0.29) is 5.78 Å². The van der Waals surface area contributed by atoms with Crippen LogP contribution in [0.1, 0.15) is 18.4 Å². The predicted octanol–water partition coefficient (Wildman–Crippen LogP) is 2.13. The lowest BCUT2D eigenvalue weighted by Crippen LogP contribution is -2.25. The van der Waals surface area contributed by atoms with Gasteiger partial charge in [-0.3, -0.25) is 9.59 Å². The number of carboxylic acids is 1. The molecule has 0 amide bonds. The Hall–Kier alpha value is -1.90. The summed E-state index contributed by atoms with van der Waals surface area (Å²) >= 11 is 0. The molecule has 82 valence electrons. The lowest BCUT2D eigenvalue weighted by molar-refractivity contribution is -0.145. The van der Waals surface area contributed by atoms with Gasteiger partial charge in [0, 0.05) is 0 Å². The van der Waals surface area contributed by atoms with Crippen LogP contribution in [0.3, 0.4) is 0 Å². The van der Waals surface area contributed by atoms with Gasteiger partial charge in [-0.1, -0.05) is 30.3 Å². The molecular formula is C13H12O3. The van der Waals surface area contributed by atoms with Gasteiger partial charge >= 0.3 is 5.97 Å². The number of hydrogen-bond acceptors (Lipinski definition) is 2. The molecule has 2 rings (SSSR count). The first-order valence-electron chi connectivity index (χ1n) is 5.21. The zero-order valence-electron chi connectivity index (χ0n) is 8.72. The van der Waals surface area contributed by atoms with Crippen molar-refractivity contribution in [3.05, 3.63) is 42.0 Å². The van der Waals surface area contributed by atoms with Gasteiger partial charge in [-0.05, 0) is 30.1 Å². The van der Waals surface area contributed by atoms with Gasteiger partial charge in [0.1, 0.15) is 5.92 Å². The normalized spacial score (nSPS) is 20.4. The quantitative estimate of drug-likeness (QED) is 0.770. The van der Waals surface area contributed by atoms with Crippen molar-refractivity contribution in [3.63, 3.8) is 0 Å². The second-order valence-corrected chi connectivity index (χ2v) is 3.87. The molecule has 0 saturated heterocycles. The van der Waals surface area contributed by atoms with Gasteiger partial charge in [0.25, 0.3) is 0 Å². The summed E-state index contributed by atoms with van der Waals surface area (Å²) in [6.45, 7) is 0. The average molecular weight is 216 g/mol. The molecule has 0 saturated carbocycles. The van der Waals surface area contributed by atoms with Crippen LogP contribution in [0.5, 0.6) is 0 Å². The molecule has 3 nitrogen and oxygen atoms in total. The number of rotatable bonds is 2. The standard InChI is InChI=1S/C13H12O3/c14-12-8-10(6-7-11(12)13(15)16)9-4-2-1-3-5-9/h1-5,8,11H,6-7H2,(H,15,16). The summed E-state index contributed by atoms with van der Waals surface area (Å²) in [6, 6.07) is 9.59. The lowest BCUT2D eigenvalue weighted by atomic mass is 9.86. The highest BCUT2D eigenvalue weighted by Gasteiger charge is 2.28. The van der Waals surface area contributed by atoms with Crippen molar-refractivity contribution in [2.24, 2.45) is 5.92 Å². The number of ketones is 1. The molecule has 0 fully saturated rings. The molecule has 1 aliphatic rings. The fraction of sp³-hybridized carbons (Fsp3) is 0.231. The summed E-state index contributed by atoms with van der Waals surface area (Å²) < 4.78 is 0. The van der Waals surface area contributed by atoms with E-state index in [9.17, 15) is 9.59 Å². The van der Waals surface area contributed by atoms with Gasteiger partial charge in [-0.2, -0.15) is 0 Å². The van der Waals surface area contributed by atoms with Gasteiger partial charge in [0.2, 0.25) is 0 Å². The molecule has 0 aliphatic heterocycles. The maximum atomic E-state index is 11.6. The molecule has 1 aromatic carbocycles. The van der Waals surface area contributed by atoms with E-state index in [4.69, 9.17) is 5.11 Å². The van der Waals surface area contributed by atoms with E-state index in [1.165, 1.54) is 6.08 Å². The summed E-state index contributed by atoms with van der Waals surface area (Å²) in [5, 5.41) is 8.82. The zero-order valence-corrected chi connectivity index (χ0v) is 8.72. The molecule has 1 aliphatic carbocycles. The largest absolute Gasteiger partial charge is 0.481 e. The van der Waals surface area contributed by atoms with Crippen molar-refractivity contribution < 1.29 is 14.7 Å². The third-order valence-corrected chi connectivity index (χ3v) is 2.80. The van der Waals surface area contributed by atoms with Crippen molar-refractivity contribution in [1.29, 1.82) is 0 Å². The number of allylic oxidation sites excluding steroid dienone is 2. The summed E-state index contributed by atoms with van der Waals surface area (Å²) in [4.78, 5) is 22.3. The first kappa shape index (κ1) is 10.6. The molecule has 16 heavy (non-hydrogen) atoms. The van der Waals surface area contributed by atoms with E-state index in [0.29, 0.717) is 12.8 Å². The van der Waals surface area contributed by atoms with Gasteiger partial charge in [0.15, 0.2) is 5.78 Å². The first-order valence-corrected chi connectivity index (χ1v) is 5.21. The minimum Gasteiger partial charge on any atom is -0.481 e. The molecule has 0 spiro atoms. The monoisotopic (exact) mass is 216 g/mol. The number of hydrogen-bond donors (Lipinski definition) is 1. The van der Waals surface area contributed by atoms with Crippen LogP contribution < -0.4 is 0 Å². The maximum Gasteiger partial charge on any atom is 0.314 e. The molecule has 0 bridgehead atoms. The molecule has 1 aromatic rings. The molecule has 0 aromatic heterocycles. The molecule has 0 radical (unpaired) electrons. The Morgan fingerprint density at radius 2 is 1.94 bits per heavy atom. The van der Waals surface area contributed by atoms with Crippen LogP contribution >= 0.6 is 0 Å². The van der Waals surface area contributed by atoms with Crippen molar-refractivity contribution >= 4 is 17.3 Å². The third kappa shape index (κ3) is 2.03. The Morgan fingerprint density at radius 3 is 2.50 bits per heavy atom. The van der Waals surface area contributed by atoms with E-state index in [2.05, 4.69) is 0 Å². The van der Waals surface area contributed by atoms with Crippen LogP contribution in [0.15, 0.2) is 36.4 Å². The number of aliphatic carboxylic acids is 1. The van der Waals surface area contributed by atoms with Crippen molar-refractivity contribution in [2.45, 2.75) is 12.8 Å². The van der Waals surface area contributed by atoms with Gasteiger partial charge in [0.05, 0.1) is 0 Å². The van der Waals surface area contributed by atoms with Gasteiger partial charge in [-0.25, -0.2) is 0 Å². The predicted molar refractivity (Wildman–Crippen MR) is 59.8 cm³/mol. The molecule has 1 unspecified atom stereocenters. The molecule has 0 heterocycles. The molecular weight excluding hydrogens is 204 g/mol. The van der Waals surface area contributed by atoms with Crippen molar-refractivity contribution in [3.8, 4) is 0 Å². The van der Waals surface area contributed by atoms with E-state index in [1.54, 1.807) is 0 Å². The summed E-state index contributed by atoms with van der Waals surface area (Å²) in [6.07, 6.45) is 2.51. The maximum absolute atomic E-state index is 11.6. The Bertz CT molecular complexity index is 446. The van der Waals surface area contributed by atoms with Crippen molar-refractivity contribution in [2.75, 3.05) is 0 Å². The lowest BCUT2D eigenvalue weighted by Gasteiger charge is -2.17. The fourth-order valence-corrected chi connectivity index (χ4v) is 1.91. The van der Waals surface area contributed by atoms with Crippen LogP contribution in [0, 0.1) is 5.92 Å². The highest BCUT2D eigenvalue weighted by atomic mass is 16.4. The summed E-state index contributed by atoms with van der Waals surface area (Å²) in [5.74, 6) is -2.17. The molecule has 1 atom stereocenters. The average Bonchev–Trinajstić information content (AvgIpc) is 2.29. The van der Waals surface area contributed by atoms with Crippen LogP contribution in [-0.2, 0) is 9.59 Å². The fourth-order valence-electron chi connectivity index (χ4n) is 1.91. The number of carboxylic acid groups (broad SMARTS) is 1. The second-order valence-electron chi connectivity index (χ2n) is 3.87. The highest BCUT2D eigenvalue weighted by Crippen LogP contribution is 2.28. The highest BCUT2D eigenvalue weighted by molar-refractivity contribution is 6.09. The SMILES string of the molecule is O=C(O)C1CCC(c2ccccc2)=CC1=O. The Balaban J connectivity index is 2.25. The number of carbonyl (C=O) groups excluding carboxylic acids is 1. The van der Waals surface area contributed by atoms with Gasteiger partial charge in [-0.15, -0.1) is 0 Å².